The van der Waals surface area contributed by atoms with Gasteiger partial charge in [-0.15, -0.1) is 0 Å². The topological polar surface area (TPSA) is 84.0 Å². The van der Waals surface area contributed by atoms with E-state index in [1.54, 1.807) is 48.5 Å². The van der Waals surface area contributed by atoms with Gasteiger partial charge in [0.25, 0.3) is 0 Å². The van der Waals surface area contributed by atoms with E-state index in [0.29, 0.717) is 13.0 Å². The molecule has 0 N–H and O–H groups in total. The fraction of sp³-hybridized carbons (Fsp3) is 0.368. The fourth-order valence-corrected chi connectivity index (χ4v) is 5.95. The average molecular weight is 425 g/mol. The van der Waals surface area contributed by atoms with Crippen molar-refractivity contribution in [1.29, 1.82) is 0 Å². The maximum absolute atomic E-state index is 13.0. The number of nitrogens with zero attached hydrogens (tertiary/aromatic N) is 2. The molecule has 0 amide bonds. The Kier molecular flexibility index (Phi) is 6.84. The van der Waals surface area contributed by atoms with Gasteiger partial charge < -0.3 is 4.74 Å². The lowest BCUT2D eigenvalue weighted by Crippen LogP contribution is -2.43. The van der Waals surface area contributed by atoms with Crippen molar-refractivity contribution in [2.75, 3.05) is 39.4 Å². The van der Waals surface area contributed by atoms with Gasteiger partial charge in [0.2, 0.25) is 20.0 Å². The molecule has 0 aliphatic carbocycles. The molecule has 1 aliphatic rings. The Morgan fingerprint density at radius 3 is 1.57 bits per heavy atom. The van der Waals surface area contributed by atoms with E-state index in [1.165, 1.54) is 20.7 Å². The molecule has 0 atom stereocenters. The molecule has 152 valence electrons. The molecular weight excluding hydrogens is 400 g/mol. The van der Waals surface area contributed by atoms with Crippen molar-refractivity contribution in [3.63, 3.8) is 0 Å². The Labute approximate surface area is 166 Å². The van der Waals surface area contributed by atoms with Gasteiger partial charge >= 0.3 is 0 Å². The van der Waals surface area contributed by atoms with Gasteiger partial charge in [0.1, 0.15) is 0 Å². The molecule has 0 spiro atoms. The highest BCUT2D eigenvalue weighted by Crippen LogP contribution is 2.19. The molecule has 3 rings (SSSR count). The van der Waals surface area contributed by atoms with Crippen molar-refractivity contribution >= 4 is 20.0 Å². The summed E-state index contributed by atoms with van der Waals surface area (Å²) in [5.41, 5.74) is 0. The minimum absolute atomic E-state index is 0.0622. The third-order valence-electron chi connectivity index (χ3n) is 4.54. The molecule has 0 radical (unpaired) electrons. The van der Waals surface area contributed by atoms with Crippen LogP contribution in [-0.4, -0.2) is 64.8 Å². The van der Waals surface area contributed by atoms with Crippen LogP contribution in [0.15, 0.2) is 70.5 Å². The lowest BCUT2D eigenvalue weighted by Gasteiger charge is -2.28. The standard InChI is InChI=1S/C19H24N2O5S2/c22-27(23,18-8-3-1-4-9-18)20-12-7-16-26-17-15-21(14-13-20)28(24,25)19-10-5-2-6-11-19/h1-6,8-11H,7,12-17H2. The predicted octanol–water partition coefficient (Wildman–Crippen LogP) is 1.79. The third-order valence-corrected chi connectivity index (χ3v) is 8.37. The zero-order chi connectivity index (χ0) is 20.0. The van der Waals surface area contributed by atoms with Crippen LogP contribution in [0.2, 0.25) is 0 Å². The Balaban J connectivity index is 1.85. The summed E-state index contributed by atoms with van der Waals surface area (Å²) in [6.45, 7) is 1.25. The van der Waals surface area contributed by atoms with Gasteiger partial charge in [-0.25, -0.2) is 16.8 Å². The van der Waals surface area contributed by atoms with Crippen molar-refractivity contribution in [3.8, 4) is 0 Å². The highest BCUT2D eigenvalue weighted by Gasteiger charge is 2.29. The van der Waals surface area contributed by atoms with Gasteiger partial charge in [-0.1, -0.05) is 36.4 Å². The number of hydrogen-bond acceptors (Lipinski definition) is 5. The molecule has 1 saturated heterocycles. The van der Waals surface area contributed by atoms with E-state index in [2.05, 4.69) is 0 Å². The van der Waals surface area contributed by atoms with Crippen LogP contribution in [0.3, 0.4) is 0 Å². The molecule has 0 aromatic heterocycles. The Morgan fingerprint density at radius 1 is 0.607 bits per heavy atom. The Bertz CT molecular complexity index is 882. The zero-order valence-corrected chi connectivity index (χ0v) is 17.1. The van der Waals surface area contributed by atoms with Crippen LogP contribution in [0.1, 0.15) is 6.42 Å². The van der Waals surface area contributed by atoms with Crippen LogP contribution in [0.5, 0.6) is 0 Å². The summed E-state index contributed by atoms with van der Waals surface area (Å²) in [7, 11) is -7.44. The summed E-state index contributed by atoms with van der Waals surface area (Å²) in [5, 5.41) is 0. The van der Waals surface area contributed by atoms with Crippen molar-refractivity contribution in [2.24, 2.45) is 0 Å². The van der Waals surface area contributed by atoms with E-state index in [0.717, 1.165) is 0 Å². The summed E-state index contributed by atoms with van der Waals surface area (Å²) in [6, 6.07) is 16.3. The van der Waals surface area contributed by atoms with Crippen LogP contribution >= 0.6 is 0 Å². The van der Waals surface area contributed by atoms with Crippen molar-refractivity contribution in [3.05, 3.63) is 60.7 Å². The number of ether oxygens (including phenoxy) is 1. The summed E-state index contributed by atoms with van der Waals surface area (Å²) in [4.78, 5) is 0.384. The number of sulfonamides is 2. The van der Waals surface area contributed by atoms with Crippen LogP contribution < -0.4 is 0 Å². The molecule has 2 aromatic rings. The minimum atomic E-state index is -3.73. The first-order valence-electron chi connectivity index (χ1n) is 9.10. The first kappa shape index (κ1) is 20.9. The lowest BCUT2D eigenvalue weighted by atomic mass is 10.4. The summed E-state index contributed by atoms with van der Waals surface area (Å²) in [5.74, 6) is 0. The summed E-state index contributed by atoms with van der Waals surface area (Å²) < 4.78 is 60.1. The summed E-state index contributed by atoms with van der Waals surface area (Å²) >= 11 is 0. The molecule has 0 unspecified atom stereocenters. The van der Waals surface area contributed by atoms with Crippen molar-refractivity contribution < 1.29 is 21.6 Å². The van der Waals surface area contributed by atoms with Gasteiger partial charge in [-0.3, -0.25) is 0 Å². The number of benzene rings is 2. The van der Waals surface area contributed by atoms with E-state index >= 15 is 0 Å². The molecule has 7 nitrogen and oxygen atoms in total. The lowest BCUT2D eigenvalue weighted by molar-refractivity contribution is 0.109. The van der Waals surface area contributed by atoms with Gasteiger partial charge in [-0.05, 0) is 30.7 Å². The SMILES string of the molecule is O=S(=O)(c1ccccc1)N1CCCOCCN(S(=O)(=O)c2ccccc2)CC1. The largest absolute Gasteiger partial charge is 0.380 e. The predicted molar refractivity (Wildman–Crippen MR) is 106 cm³/mol. The third kappa shape index (κ3) is 4.79. The Morgan fingerprint density at radius 2 is 1.07 bits per heavy atom. The van der Waals surface area contributed by atoms with Crippen LogP contribution in [0.4, 0.5) is 0 Å². The van der Waals surface area contributed by atoms with E-state index in [9.17, 15) is 16.8 Å². The molecule has 0 saturated carbocycles. The molecular formula is C19H24N2O5S2. The molecule has 1 heterocycles. The molecule has 9 heteroatoms. The number of rotatable bonds is 4. The normalized spacial score (nSPS) is 18.6. The van der Waals surface area contributed by atoms with Gasteiger partial charge in [0.05, 0.1) is 16.4 Å². The van der Waals surface area contributed by atoms with Gasteiger partial charge in [0.15, 0.2) is 0 Å². The molecule has 1 aliphatic heterocycles. The molecule has 28 heavy (non-hydrogen) atoms. The summed E-state index contributed by atoms with van der Waals surface area (Å²) in [6.07, 6.45) is 0.553. The quantitative estimate of drug-likeness (QED) is 0.747. The zero-order valence-electron chi connectivity index (χ0n) is 15.5. The highest BCUT2D eigenvalue weighted by molar-refractivity contribution is 7.89. The second-order valence-electron chi connectivity index (χ2n) is 6.40. The van der Waals surface area contributed by atoms with E-state index in [1.807, 2.05) is 0 Å². The molecule has 0 bridgehead atoms. The maximum atomic E-state index is 13.0. The van der Waals surface area contributed by atoms with Crippen LogP contribution in [0.25, 0.3) is 0 Å². The van der Waals surface area contributed by atoms with E-state index in [-0.39, 0.29) is 42.6 Å². The van der Waals surface area contributed by atoms with Crippen LogP contribution in [-0.2, 0) is 24.8 Å². The average Bonchev–Trinajstić information content (AvgIpc) is 2.72. The number of hydrogen-bond donors (Lipinski definition) is 0. The molecule has 2 aromatic carbocycles. The van der Waals surface area contributed by atoms with Crippen molar-refractivity contribution in [1.82, 2.24) is 8.61 Å². The second kappa shape index (κ2) is 9.15. The first-order chi connectivity index (χ1) is 13.4. The van der Waals surface area contributed by atoms with E-state index < -0.39 is 20.0 Å². The van der Waals surface area contributed by atoms with E-state index in [4.69, 9.17) is 4.74 Å². The Hall–Kier alpha value is -1.78. The maximum Gasteiger partial charge on any atom is 0.243 e. The smallest absolute Gasteiger partial charge is 0.243 e. The van der Waals surface area contributed by atoms with Crippen LogP contribution in [0, 0.1) is 0 Å². The van der Waals surface area contributed by atoms with Gasteiger partial charge in [-0.2, -0.15) is 8.61 Å². The highest BCUT2D eigenvalue weighted by atomic mass is 32.2. The monoisotopic (exact) mass is 424 g/mol. The van der Waals surface area contributed by atoms with Crippen molar-refractivity contribution in [2.45, 2.75) is 16.2 Å². The second-order valence-corrected chi connectivity index (χ2v) is 10.3. The van der Waals surface area contributed by atoms with Gasteiger partial charge in [0, 0.05) is 32.8 Å². The fourth-order valence-electron chi connectivity index (χ4n) is 3.02. The first-order valence-corrected chi connectivity index (χ1v) is 12.0. The molecule has 1 fully saturated rings. The minimum Gasteiger partial charge on any atom is -0.380 e.